The van der Waals surface area contributed by atoms with Gasteiger partial charge in [-0.15, -0.1) is 0 Å². The molecule has 0 aromatic carbocycles. The van der Waals surface area contributed by atoms with Crippen molar-refractivity contribution >= 4 is 40.9 Å². The van der Waals surface area contributed by atoms with Gasteiger partial charge < -0.3 is 0 Å². The first-order valence-corrected chi connectivity index (χ1v) is 3.13. The van der Waals surface area contributed by atoms with Crippen LogP contribution in [0.5, 0.6) is 0 Å². The van der Waals surface area contributed by atoms with Crippen LogP contribution in [0.2, 0.25) is 0 Å². The predicted molar refractivity (Wildman–Crippen MR) is 34.7 cm³/mol. The molecule has 0 bridgehead atoms. The van der Waals surface area contributed by atoms with Crippen LogP contribution in [0.1, 0.15) is 12.8 Å². The van der Waals surface area contributed by atoms with Crippen LogP contribution < -0.4 is 0 Å². The third kappa shape index (κ3) is 27.6. The summed E-state index contributed by atoms with van der Waals surface area (Å²) in [6.45, 7) is 0. The molecule has 0 spiro atoms. The molecule has 0 saturated heterocycles. The van der Waals surface area contributed by atoms with Crippen LogP contribution in [0.4, 0.5) is 4.39 Å². The zero-order chi connectivity index (χ0) is 6.57. The van der Waals surface area contributed by atoms with E-state index in [4.69, 9.17) is 13.3 Å². The van der Waals surface area contributed by atoms with Gasteiger partial charge in [0.25, 0.3) is 11.4 Å². The molecule has 0 aromatic heterocycles. The summed E-state index contributed by atoms with van der Waals surface area (Å²) in [5, 5.41) is 0. The van der Waals surface area contributed by atoms with Crippen LogP contribution in [-0.4, -0.2) is 49.0 Å². The van der Waals surface area contributed by atoms with Crippen LogP contribution in [0.15, 0.2) is 0 Å². The zero-order valence-electron chi connectivity index (χ0n) is 4.08. The minimum atomic E-state index is -2.61. The van der Waals surface area contributed by atoms with E-state index >= 15 is 0 Å². The van der Waals surface area contributed by atoms with Crippen molar-refractivity contribution in [1.82, 2.24) is 0 Å². The molecule has 0 aliphatic heterocycles. The first kappa shape index (κ1) is 12.7. The Labute approximate surface area is 77.4 Å². The van der Waals surface area contributed by atoms with Gasteiger partial charge in [0.2, 0.25) is 0 Å². The molecule has 0 heterocycles. The van der Waals surface area contributed by atoms with Gasteiger partial charge in [0.15, 0.2) is 0 Å². The average molecular weight is 166 g/mol. The summed E-state index contributed by atoms with van der Waals surface area (Å²) in [4.78, 5) is 0. The fourth-order valence-electron chi connectivity index (χ4n) is 0.0630. The van der Waals surface area contributed by atoms with Gasteiger partial charge in [0.05, 0.1) is 0 Å². The molecule has 1 rings (SSSR count). The average Bonchev–Trinajstić information content (AvgIpc) is 2.19. The van der Waals surface area contributed by atoms with Crippen molar-refractivity contribution in [2.75, 3.05) is 0 Å². The molecule has 0 aromatic rings. The van der Waals surface area contributed by atoms with Crippen molar-refractivity contribution in [2.24, 2.45) is 0 Å². The van der Waals surface area contributed by atoms with E-state index in [0.29, 0.717) is 0 Å². The Morgan fingerprint density at radius 3 is 1.56 bits per heavy atom. The Balaban J connectivity index is 0. The van der Waals surface area contributed by atoms with E-state index in [9.17, 15) is 4.39 Å². The van der Waals surface area contributed by atoms with Crippen LogP contribution in [0.3, 0.4) is 0 Å². The van der Waals surface area contributed by atoms with Crippen LogP contribution in [0, 0.1) is 0 Å². The summed E-state index contributed by atoms with van der Waals surface area (Å²) in [6, 6.07) is 0. The molecule has 6 heteroatoms. The van der Waals surface area contributed by atoms with Gasteiger partial charge in [0.1, 0.15) is 6.17 Å². The van der Waals surface area contributed by atoms with E-state index in [1.54, 1.807) is 0 Å². The van der Waals surface area contributed by atoms with E-state index < -0.39 is 17.5 Å². The number of rotatable bonds is 0. The molecule has 1 saturated carbocycles. The van der Waals surface area contributed by atoms with E-state index in [2.05, 4.69) is 0 Å². The van der Waals surface area contributed by atoms with E-state index in [1.165, 1.54) is 0 Å². The number of hydrogen-bond acceptors (Lipinski definition) is 1. The molecule has 0 atom stereocenters. The monoisotopic (exact) mass is 166 g/mol. The molecule has 0 unspecified atom stereocenters. The van der Waals surface area contributed by atoms with Crippen molar-refractivity contribution in [2.45, 2.75) is 19.0 Å². The maximum absolute atomic E-state index is 11.1. The quantitative estimate of drug-likeness (QED) is 0.398. The summed E-state index contributed by atoms with van der Waals surface area (Å²) >= 11 is -2.61. The van der Waals surface area contributed by atoms with Crippen LogP contribution >= 0.6 is 0 Å². The van der Waals surface area contributed by atoms with Gasteiger partial charge >= 0.3 is 29.6 Å². The molecule has 52 valence electrons. The number of halogens is 1. The van der Waals surface area contributed by atoms with Gasteiger partial charge in [-0.1, -0.05) is 0 Å². The molecule has 9 heavy (non-hydrogen) atoms. The molecular formula is C3H8FNaO3S. The summed E-state index contributed by atoms with van der Waals surface area (Å²) in [7, 11) is 0. The van der Waals surface area contributed by atoms with Gasteiger partial charge in [-0.05, 0) is 12.8 Å². The molecular weight excluding hydrogens is 158 g/mol. The maximum atomic E-state index is 11.1. The summed E-state index contributed by atoms with van der Waals surface area (Å²) < 4.78 is 33.9. The Morgan fingerprint density at radius 1 is 1.44 bits per heavy atom. The number of hydrogen-bond donors (Lipinski definition) is 2. The van der Waals surface area contributed by atoms with Gasteiger partial charge in [-0.25, -0.2) is 4.39 Å². The summed E-state index contributed by atoms with van der Waals surface area (Å²) in [5.41, 5.74) is 0. The molecule has 1 fully saturated rings. The topological polar surface area (TPSA) is 57.5 Å². The van der Waals surface area contributed by atoms with Crippen LogP contribution in [-0.2, 0) is 11.4 Å². The van der Waals surface area contributed by atoms with E-state index in [1.807, 2.05) is 0 Å². The molecule has 3 nitrogen and oxygen atoms in total. The Bertz CT molecular complexity index is 83.1. The second-order valence-electron chi connectivity index (χ2n) is 1.41. The molecule has 1 aliphatic carbocycles. The van der Waals surface area contributed by atoms with Gasteiger partial charge in [-0.2, -0.15) is 4.21 Å². The fourth-order valence-corrected chi connectivity index (χ4v) is 0.0630. The van der Waals surface area contributed by atoms with Crippen molar-refractivity contribution in [1.29, 1.82) is 0 Å². The molecule has 0 amide bonds. The van der Waals surface area contributed by atoms with Crippen molar-refractivity contribution in [3.05, 3.63) is 0 Å². The van der Waals surface area contributed by atoms with Crippen molar-refractivity contribution < 1.29 is 17.7 Å². The van der Waals surface area contributed by atoms with E-state index in [-0.39, 0.29) is 29.6 Å². The van der Waals surface area contributed by atoms with Crippen LogP contribution in [0.25, 0.3) is 0 Å². The van der Waals surface area contributed by atoms with E-state index in [0.717, 1.165) is 12.8 Å². The normalized spacial score (nSPS) is 15.6. The predicted octanol–water partition coefficient (Wildman–Crippen LogP) is 0.151. The zero-order valence-corrected chi connectivity index (χ0v) is 4.90. The van der Waals surface area contributed by atoms with Crippen molar-refractivity contribution in [3.8, 4) is 0 Å². The molecule has 1 aliphatic rings. The third-order valence-corrected chi connectivity index (χ3v) is 0.507. The standard InChI is InChI=1S/C3H5F.Na.H2O3S.H/c4-3-1-2-3;;1-4(2)3;/h3H,1-2H2;;(H2,1,2,3);. The first-order chi connectivity index (χ1) is 3.63. The summed E-state index contributed by atoms with van der Waals surface area (Å²) in [5.74, 6) is 0. The Morgan fingerprint density at radius 2 is 1.56 bits per heavy atom. The van der Waals surface area contributed by atoms with Gasteiger partial charge in [0, 0.05) is 0 Å². The first-order valence-electron chi connectivity index (χ1n) is 2.07. The molecule has 2 N–H and O–H groups in total. The SMILES string of the molecule is FC1CC1.O=S(O)O.[NaH]. The van der Waals surface area contributed by atoms with Gasteiger partial charge in [-0.3, -0.25) is 9.11 Å². The Kier molecular flexibility index (Phi) is 10.0. The Hall–Kier alpha value is 1.00. The third-order valence-electron chi connectivity index (χ3n) is 0.507. The minimum absolute atomic E-state index is 0. The second kappa shape index (κ2) is 7.11. The fraction of sp³-hybridized carbons (Fsp3) is 1.00. The number of alkyl halides is 1. The van der Waals surface area contributed by atoms with Crippen molar-refractivity contribution in [3.63, 3.8) is 0 Å². The molecule has 0 radical (unpaired) electrons. The summed E-state index contributed by atoms with van der Waals surface area (Å²) in [6.07, 6.45) is 1.22. The second-order valence-corrected chi connectivity index (χ2v) is 1.87.